The molecule has 0 aliphatic carbocycles. The van der Waals surface area contributed by atoms with Gasteiger partial charge in [-0.15, -0.1) is 0 Å². The molecule has 4 nitrogen and oxygen atoms in total. The van der Waals surface area contributed by atoms with Gasteiger partial charge in [0.15, 0.2) is 0 Å². The molecule has 0 amide bonds. The van der Waals surface area contributed by atoms with Gasteiger partial charge < -0.3 is 5.21 Å². The van der Waals surface area contributed by atoms with Crippen LogP contribution in [0.4, 0.5) is 0 Å². The van der Waals surface area contributed by atoms with Crippen LogP contribution < -0.4 is 4.85 Å². The van der Waals surface area contributed by atoms with Crippen LogP contribution in [0, 0.1) is 5.21 Å². The molecule has 0 N–H and O–H groups in total. The van der Waals surface area contributed by atoms with E-state index in [9.17, 15) is 5.21 Å². The SMILES string of the molecule is CC(C)c1ccc2c(c1)nc(Cl)n[n+]2[O-]. The number of aromatic nitrogens is 3. The summed E-state index contributed by atoms with van der Waals surface area (Å²) in [5.74, 6) is 0.392. The molecular formula is C10H10ClN3O. The smallest absolute Gasteiger partial charge is 0.290 e. The van der Waals surface area contributed by atoms with Gasteiger partial charge in [0, 0.05) is 11.2 Å². The van der Waals surface area contributed by atoms with Crippen LogP contribution in [0.25, 0.3) is 11.0 Å². The van der Waals surface area contributed by atoms with E-state index in [-0.39, 0.29) is 5.28 Å². The second-order valence-corrected chi connectivity index (χ2v) is 3.99. The molecule has 0 saturated heterocycles. The Bertz CT molecular complexity index is 513. The number of fused-ring (bicyclic) bond motifs is 1. The molecule has 1 heterocycles. The molecule has 0 radical (unpaired) electrons. The lowest BCUT2D eigenvalue weighted by molar-refractivity contribution is -0.642. The molecule has 5 heteroatoms. The summed E-state index contributed by atoms with van der Waals surface area (Å²) >= 11 is 5.61. The highest BCUT2D eigenvalue weighted by Gasteiger charge is 2.10. The Balaban J connectivity index is 2.71. The van der Waals surface area contributed by atoms with Crippen molar-refractivity contribution in [3.05, 3.63) is 34.3 Å². The van der Waals surface area contributed by atoms with Gasteiger partial charge in [0.25, 0.3) is 10.8 Å². The summed E-state index contributed by atoms with van der Waals surface area (Å²) in [6, 6.07) is 5.48. The first-order valence-electron chi connectivity index (χ1n) is 4.65. The van der Waals surface area contributed by atoms with Crippen molar-refractivity contribution in [2.24, 2.45) is 0 Å². The zero-order valence-corrected chi connectivity index (χ0v) is 9.19. The molecule has 1 aromatic carbocycles. The Morgan fingerprint density at radius 2 is 2.13 bits per heavy atom. The van der Waals surface area contributed by atoms with E-state index in [0.29, 0.717) is 21.8 Å². The molecule has 0 unspecified atom stereocenters. The van der Waals surface area contributed by atoms with E-state index in [1.807, 2.05) is 12.1 Å². The van der Waals surface area contributed by atoms with Gasteiger partial charge in [0.05, 0.1) is 0 Å². The van der Waals surface area contributed by atoms with Gasteiger partial charge in [0.1, 0.15) is 5.52 Å². The fourth-order valence-corrected chi connectivity index (χ4v) is 1.56. The van der Waals surface area contributed by atoms with E-state index in [1.54, 1.807) is 6.07 Å². The largest absolute Gasteiger partial charge is 0.594 e. The Morgan fingerprint density at radius 3 is 2.80 bits per heavy atom. The minimum absolute atomic E-state index is 0.0293. The molecule has 2 rings (SSSR count). The van der Waals surface area contributed by atoms with Crippen molar-refractivity contribution in [1.29, 1.82) is 0 Å². The normalized spacial score (nSPS) is 11.2. The number of hydrogen-bond donors (Lipinski definition) is 0. The third-order valence-electron chi connectivity index (χ3n) is 2.26. The van der Waals surface area contributed by atoms with Crippen molar-refractivity contribution in [2.45, 2.75) is 19.8 Å². The van der Waals surface area contributed by atoms with Gasteiger partial charge >= 0.3 is 0 Å². The Morgan fingerprint density at radius 1 is 1.40 bits per heavy atom. The molecule has 0 bridgehead atoms. The minimum atomic E-state index is -0.0293. The van der Waals surface area contributed by atoms with Gasteiger partial charge in [0.2, 0.25) is 0 Å². The minimum Gasteiger partial charge on any atom is -0.594 e. The molecule has 0 spiro atoms. The topological polar surface area (TPSA) is 52.7 Å². The molecule has 1 aromatic heterocycles. The van der Waals surface area contributed by atoms with Crippen LogP contribution in [0.5, 0.6) is 0 Å². The summed E-state index contributed by atoms with van der Waals surface area (Å²) in [4.78, 5) is 4.51. The van der Waals surface area contributed by atoms with Crippen molar-refractivity contribution >= 4 is 22.6 Å². The second kappa shape index (κ2) is 3.62. The number of rotatable bonds is 1. The molecule has 0 aliphatic heterocycles. The number of benzene rings is 1. The van der Waals surface area contributed by atoms with E-state index in [2.05, 4.69) is 23.9 Å². The fourth-order valence-electron chi connectivity index (χ4n) is 1.40. The molecule has 2 aromatic rings. The van der Waals surface area contributed by atoms with Gasteiger partial charge in [-0.05, 0) is 34.0 Å². The molecule has 0 aliphatic rings. The van der Waals surface area contributed by atoms with E-state index in [4.69, 9.17) is 11.6 Å². The molecule has 0 saturated carbocycles. The molecule has 15 heavy (non-hydrogen) atoms. The van der Waals surface area contributed by atoms with Crippen molar-refractivity contribution in [1.82, 2.24) is 10.1 Å². The van der Waals surface area contributed by atoms with Gasteiger partial charge in [-0.3, -0.25) is 0 Å². The Kier molecular flexibility index (Phi) is 2.44. The third-order valence-corrected chi connectivity index (χ3v) is 2.42. The van der Waals surface area contributed by atoms with Crippen molar-refractivity contribution in [3.63, 3.8) is 0 Å². The highest BCUT2D eigenvalue weighted by atomic mass is 35.5. The fraction of sp³-hybridized carbons (Fsp3) is 0.300. The first-order valence-corrected chi connectivity index (χ1v) is 5.03. The van der Waals surface area contributed by atoms with E-state index in [1.165, 1.54) is 0 Å². The van der Waals surface area contributed by atoms with Gasteiger partial charge in [-0.2, -0.15) is 0 Å². The van der Waals surface area contributed by atoms with Crippen LogP contribution >= 0.6 is 11.6 Å². The molecular weight excluding hydrogens is 214 g/mol. The second-order valence-electron chi connectivity index (χ2n) is 3.66. The number of hydrogen-bond acceptors (Lipinski definition) is 3. The molecule has 0 fully saturated rings. The predicted molar refractivity (Wildman–Crippen MR) is 57.6 cm³/mol. The lowest BCUT2D eigenvalue weighted by Crippen LogP contribution is -2.32. The maximum Gasteiger partial charge on any atom is 0.290 e. The van der Waals surface area contributed by atoms with Crippen molar-refractivity contribution < 1.29 is 4.85 Å². The van der Waals surface area contributed by atoms with E-state index < -0.39 is 0 Å². The van der Waals surface area contributed by atoms with Crippen LogP contribution in [-0.2, 0) is 0 Å². The maximum atomic E-state index is 11.4. The number of nitrogens with zero attached hydrogens (tertiary/aromatic N) is 3. The Hall–Kier alpha value is -1.42. The highest BCUT2D eigenvalue weighted by Crippen LogP contribution is 2.18. The zero-order valence-electron chi connectivity index (χ0n) is 8.44. The van der Waals surface area contributed by atoms with Crippen LogP contribution in [-0.4, -0.2) is 10.1 Å². The predicted octanol–water partition coefficient (Wildman–Crippen LogP) is 2.04. The van der Waals surface area contributed by atoms with Crippen LogP contribution in [0.3, 0.4) is 0 Å². The van der Waals surface area contributed by atoms with Crippen LogP contribution in [0.15, 0.2) is 18.2 Å². The zero-order chi connectivity index (χ0) is 11.0. The standard InChI is InChI=1S/C10H10ClN3O/c1-6(2)7-3-4-9-8(5-7)12-10(11)13-14(9)15/h3-6H,1-2H3. The summed E-state index contributed by atoms with van der Waals surface area (Å²) in [7, 11) is 0. The number of halogens is 1. The first-order chi connectivity index (χ1) is 7.08. The van der Waals surface area contributed by atoms with Crippen LogP contribution in [0.1, 0.15) is 25.3 Å². The molecule has 78 valence electrons. The van der Waals surface area contributed by atoms with Crippen molar-refractivity contribution in [2.75, 3.05) is 0 Å². The summed E-state index contributed by atoms with van der Waals surface area (Å²) in [5.41, 5.74) is 2.14. The summed E-state index contributed by atoms with van der Waals surface area (Å²) in [6.07, 6.45) is 0. The maximum absolute atomic E-state index is 11.4. The van der Waals surface area contributed by atoms with Crippen LogP contribution in [0.2, 0.25) is 5.28 Å². The third kappa shape index (κ3) is 1.85. The highest BCUT2D eigenvalue weighted by molar-refractivity contribution is 6.28. The first kappa shape index (κ1) is 10.1. The van der Waals surface area contributed by atoms with E-state index >= 15 is 0 Å². The summed E-state index contributed by atoms with van der Waals surface area (Å²) in [5, 5.41) is 14.8. The lowest BCUT2D eigenvalue weighted by atomic mass is 10.0. The average Bonchev–Trinajstić information content (AvgIpc) is 2.16. The van der Waals surface area contributed by atoms with E-state index in [0.717, 1.165) is 5.56 Å². The van der Waals surface area contributed by atoms with Gasteiger partial charge in [-0.1, -0.05) is 19.9 Å². The molecule has 0 atom stereocenters. The van der Waals surface area contributed by atoms with Crippen molar-refractivity contribution in [3.8, 4) is 0 Å². The lowest BCUT2D eigenvalue weighted by Gasteiger charge is -2.05. The monoisotopic (exact) mass is 223 g/mol. The summed E-state index contributed by atoms with van der Waals surface area (Å²) < 4.78 is 0. The Labute approximate surface area is 92.1 Å². The summed E-state index contributed by atoms with van der Waals surface area (Å²) in [6.45, 7) is 4.16. The van der Waals surface area contributed by atoms with Gasteiger partial charge in [-0.25, -0.2) is 4.98 Å². The average molecular weight is 224 g/mol. The quantitative estimate of drug-likeness (QED) is 0.549.